The molecule has 0 aromatic heterocycles. The summed E-state index contributed by atoms with van der Waals surface area (Å²) in [5.41, 5.74) is 2.78. The van der Waals surface area contributed by atoms with Gasteiger partial charge in [-0.05, 0) is 55.5 Å². The summed E-state index contributed by atoms with van der Waals surface area (Å²) in [7, 11) is 1.75. The van der Waals surface area contributed by atoms with Crippen LogP contribution < -0.4 is 10.1 Å². The molecule has 1 aromatic carbocycles. The molecule has 1 unspecified atom stereocenters. The van der Waals surface area contributed by atoms with Crippen LogP contribution in [0, 0.1) is 5.92 Å². The van der Waals surface area contributed by atoms with Crippen LogP contribution >= 0.6 is 0 Å². The highest BCUT2D eigenvalue weighted by molar-refractivity contribution is 5.37. The molecule has 16 heavy (non-hydrogen) atoms. The van der Waals surface area contributed by atoms with Crippen molar-refractivity contribution in [2.45, 2.75) is 26.2 Å². The molecule has 0 aliphatic carbocycles. The van der Waals surface area contributed by atoms with Crippen LogP contribution in [0.5, 0.6) is 5.75 Å². The van der Waals surface area contributed by atoms with Gasteiger partial charge in [-0.1, -0.05) is 19.1 Å². The molecule has 0 spiro atoms. The minimum Gasteiger partial charge on any atom is -0.496 e. The van der Waals surface area contributed by atoms with Gasteiger partial charge in [-0.2, -0.15) is 0 Å². The first kappa shape index (κ1) is 11.5. The molecule has 1 aromatic rings. The number of benzene rings is 1. The molecule has 1 saturated heterocycles. The van der Waals surface area contributed by atoms with E-state index >= 15 is 0 Å². The molecule has 0 saturated carbocycles. The third kappa shape index (κ3) is 2.56. The third-order valence-electron chi connectivity index (χ3n) is 3.41. The molecule has 1 heterocycles. The monoisotopic (exact) mass is 219 g/mol. The van der Waals surface area contributed by atoms with E-state index in [9.17, 15) is 0 Å². The van der Waals surface area contributed by atoms with Crippen molar-refractivity contribution >= 4 is 0 Å². The van der Waals surface area contributed by atoms with Crippen molar-refractivity contribution in [1.82, 2.24) is 5.32 Å². The fourth-order valence-corrected chi connectivity index (χ4v) is 2.46. The lowest BCUT2D eigenvalue weighted by molar-refractivity contribution is 0.410. The second-order valence-electron chi connectivity index (χ2n) is 4.56. The number of aryl methyl sites for hydroxylation is 1. The molecule has 2 nitrogen and oxygen atoms in total. The normalized spacial score (nSPS) is 20.0. The van der Waals surface area contributed by atoms with Gasteiger partial charge in [0.25, 0.3) is 0 Å². The summed E-state index contributed by atoms with van der Waals surface area (Å²) < 4.78 is 5.35. The zero-order chi connectivity index (χ0) is 11.4. The van der Waals surface area contributed by atoms with E-state index in [0.717, 1.165) is 18.1 Å². The lowest BCUT2D eigenvalue weighted by Crippen LogP contribution is -2.10. The van der Waals surface area contributed by atoms with Crippen LogP contribution in [-0.2, 0) is 12.8 Å². The molecule has 1 atom stereocenters. The quantitative estimate of drug-likeness (QED) is 0.839. The molecule has 1 aliphatic heterocycles. The Morgan fingerprint density at radius 2 is 2.31 bits per heavy atom. The third-order valence-corrected chi connectivity index (χ3v) is 3.41. The average molecular weight is 219 g/mol. The first-order valence-electron chi connectivity index (χ1n) is 6.20. The van der Waals surface area contributed by atoms with Crippen molar-refractivity contribution in [2.75, 3.05) is 20.2 Å². The molecule has 0 amide bonds. The number of nitrogens with one attached hydrogen (secondary N) is 1. The van der Waals surface area contributed by atoms with E-state index in [1.165, 1.54) is 37.1 Å². The minimum atomic E-state index is 0.818. The molecule has 2 rings (SSSR count). The number of rotatable bonds is 4. The maximum absolute atomic E-state index is 5.35. The zero-order valence-electron chi connectivity index (χ0n) is 10.3. The maximum Gasteiger partial charge on any atom is 0.122 e. The van der Waals surface area contributed by atoms with E-state index in [0.29, 0.717) is 0 Å². The fourth-order valence-electron chi connectivity index (χ4n) is 2.46. The van der Waals surface area contributed by atoms with E-state index in [1.54, 1.807) is 7.11 Å². The number of hydrogen-bond donors (Lipinski definition) is 1. The predicted molar refractivity (Wildman–Crippen MR) is 67.1 cm³/mol. The Morgan fingerprint density at radius 3 is 2.94 bits per heavy atom. The van der Waals surface area contributed by atoms with Crippen molar-refractivity contribution in [3.05, 3.63) is 29.3 Å². The molecule has 88 valence electrons. The Labute approximate surface area is 98.0 Å². The largest absolute Gasteiger partial charge is 0.496 e. The van der Waals surface area contributed by atoms with Crippen LogP contribution in [-0.4, -0.2) is 20.2 Å². The Bertz CT molecular complexity index is 343. The number of ether oxygens (including phenoxy) is 1. The van der Waals surface area contributed by atoms with Gasteiger partial charge in [-0.25, -0.2) is 0 Å². The summed E-state index contributed by atoms with van der Waals surface area (Å²) in [6.45, 7) is 4.54. The summed E-state index contributed by atoms with van der Waals surface area (Å²) in [5.74, 6) is 1.84. The molecule has 0 bridgehead atoms. The fraction of sp³-hybridized carbons (Fsp3) is 0.571. The summed E-state index contributed by atoms with van der Waals surface area (Å²) in [6.07, 6.45) is 3.55. The first-order valence-corrected chi connectivity index (χ1v) is 6.20. The molecule has 1 fully saturated rings. The summed E-state index contributed by atoms with van der Waals surface area (Å²) in [5, 5.41) is 3.42. The van der Waals surface area contributed by atoms with Crippen LogP contribution in [0.4, 0.5) is 0 Å². The topological polar surface area (TPSA) is 21.3 Å². The highest BCUT2D eigenvalue weighted by Crippen LogP contribution is 2.23. The van der Waals surface area contributed by atoms with Crippen molar-refractivity contribution in [2.24, 2.45) is 5.92 Å². The van der Waals surface area contributed by atoms with Gasteiger partial charge in [0.1, 0.15) is 5.75 Å². The van der Waals surface area contributed by atoms with Crippen LogP contribution in [0.1, 0.15) is 24.5 Å². The summed E-state index contributed by atoms with van der Waals surface area (Å²) in [6, 6.07) is 6.62. The molecule has 2 heteroatoms. The van der Waals surface area contributed by atoms with Gasteiger partial charge in [0.15, 0.2) is 0 Å². The van der Waals surface area contributed by atoms with Crippen molar-refractivity contribution < 1.29 is 4.74 Å². The van der Waals surface area contributed by atoms with Crippen LogP contribution in [0.2, 0.25) is 0 Å². The predicted octanol–water partition coefficient (Wildman–Crippen LogP) is 2.41. The Hall–Kier alpha value is -1.02. The Kier molecular flexibility index (Phi) is 3.83. The molecular weight excluding hydrogens is 198 g/mol. The van der Waals surface area contributed by atoms with Gasteiger partial charge in [0.05, 0.1) is 7.11 Å². The summed E-state index contributed by atoms with van der Waals surface area (Å²) >= 11 is 0. The SMILES string of the molecule is CCc1cc(CC2CCNC2)ccc1OC. The standard InChI is InChI=1S/C14H21NO/c1-3-13-9-11(4-5-14(13)16-2)8-12-6-7-15-10-12/h4-5,9,12,15H,3,6-8,10H2,1-2H3. The Morgan fingerprint density at radius 1 is 1.44 bits per heavy atom. The highest BCUT2D eigenvalue weighted by Gasteiger charge is 2.15. The van der Waals surface area contributed by atoms with Crippen LogP contribution in [0.3, 0.4) is 0 Å². The molecule has 1 aliphatic rings. The lowest BCUT2D eigenvalue weighted by atomic mass is 9.96. The van der Waals surface area contributed by atoms with Gasteiger partial charge < -0.3 is 10.1 Å². The van der Waals surface area contributed by atoms with Crippen LogP contribution in [0.25, 0.3) is 0 Å². The molecule has 0 radical (unpaired) electrons. The van der Waals surface area contributed by atoms with Gasteiger partial charge in [-0.15, -0.1) is 0 Å². The average Bonchev–Trinajstić information content (AvgIpc) is 2.81. The van der Waals surface area contributed by atoms with E-state index in [4.69, 9.17) is 4.74 Å². The van der Waals surface area contributed by atoms with E-state index in [1.807, 2.05) is 0 Å². The number of methoxy groups -OCH3 is 1. The smallest absolute Gasteiger partial charge is 0.122 e. The van der Waals surface area contributed by atoms with Crippen molar-refractivity contribution in [1.29, 1.82) is 0 Å². The van der Waals surface area contributed by atoms with Crippen LogP contribution in [0.15, 0.2) is 18.2 Å². The van der Waals surface area contributed by atoms with Crippen molar-refractivity contribution in [3.63, 3.8) is 0 Å². The van der Waals surface area contributed by atoms with Gasteiger partial charge in [-0.3, -0.25) is 0 Å². The lowest BCUT2D eigenvalue weighted by Gasteiger charge is -2.12. The highest BCUT2D eigenvalue weighted by atomic mass is 16.5. The maximum atomic E-state index is 5.35. The first-order chi connectivity index (χ1) is 7.83. The van der Waals surface area contributed by atoms with Crippen molar-refractivity contribution in [3.8, 4) is 5.75 Å². The zero-order valence-corrected chi connectivity index (χ0v) is 10.3. The van der Waals surface area contributed by atoms with E-state index in [-0.39, 0.29) is 0 Å². The van der Waals surface area contributed by atoms with E-state index in [2.05, 4.69) is 30.4 Å². The van der Waals surface area contributed by atoms with Gasteiger partial charge in [0.2, 0.25) is 0 Å². The minimum absolute atomic E-state index is 0.818. The second kappa shape index (κ2) is 5.35. The second-order valence-corrected chi connectivity index (χ2v) is 4.56. The Balaban J connectivity index is 2.09. The van der Waals surface area contributed by atoms with Gasteiger partial charge >= 0.3 is 0 Å². The molecule has 1 N–H and O–H groups in total. The molecular formula is C14H21NO. The van der Waals surface area contributed by atoms with Gasteiger partial charge in [0, 0.05) is 0 Å². The summed E-state index contributed by atoms with van der Waals surface area (Å²) in [4.78, 5) is 0. The number of hydrogen-bond acceptors (Lipinski definition) is 2. The van der Waals surface area contributed by atoms with E-state index < -0.39 is 0 Å².